The number of benzene rings is 1. The van der Waals surface area contributed by atoms with Crippen LogP contribution < -0.4 is 5.32 Å². The van der Waals surface area contributed by atoms with Gasteiger partial charge in [0.1, 0.15) is 5.60 Å². The third-order valence-electron chi connectivity index (χ3n) is 3.43. The number of ether oxygens (including phenoxy) is 1. The Morgan fingerprint density at radius 1 is 1.23 bits per heavy atom. The minimum Gasteiger partial charge on any atom is -0.459 e. The first-order chi connectivity index (χ1) is 10.1. The zero-order chi connectivity index (χ0) is 16.5. The number of rotatable bonds is 3. The molecule has 22 heavy (non-hydrogen) atoms. The Labute approximate surface area is 131 Å². The lowest BCUT2D eigenvalue weighted by Gasteiger charge is -2.26. The summed E-state index contributed by atoms with van der Waals surface area (Å²) in [5.74, 6) is -0.264. The van der Waals surface area contributed by atoms with Gasteiger partial charge >= 0.3 is 5.97 Å². The molecular weight excluding hydrogens is 278 g/mol. The first-order valence-corrected chi connectivity index (χ1v) is 7.43. The molecule has 0 saturated carbocycles. The van der Waals surface area contributed by atoms with Gasteiger partial charge in [-0.05, 0) is 51.8 Å². The van der Waals surface area contributed by atoms with Crippen LogP contribution in [0.15, 0.2) is 24.3 Å². The van der Waals surface area contributed by atoms with E-state index >= 15 is 0 Å². The molecule has 1 aliphatic heterocycles. The SMILES string of the molecule is CC(C)(C)OC(=O)C(C)(C)/C=C/c1cccc2c1CC(=O)N2. The highest BCUT2D eigenvalue weighted by molar-refractivity contribution is 6.00. The van der Waals surface area contributed by atoms with E-state index in [2.05, 4.69) is 5.32 Å². The van der Waals surface area contributed by atoms with Gasteiger partial charge in [-0.2, -0.15) is 0 Å². The average Bonchev–Trinajstić information content (AvgIpc) is 2.75. The number of carbonyl (C=O) groups is 2. The van der Waals surface area contributed by atoms with Crippen LogP contribution in [-0.4, -0.2) is 17.5 Å². The number of esters is 1. The van der Waals surface area contributed by atoms with Crippen LogP contribution in [0.25, 0.3) is 6.08 Å². The highest BCUT2D eigenvalue weighted by Crippen LogP contribution is 2.29. The average molecular weight is 301 g/mol. The molecule has 0 radical (unpaired) electrons. The largest absolute Gasteiger partial charge is 0.459 e. The lowest BCUT2D eigenvalue weighted by atomic mass is 9.91. The van der Waals surface area contributed by atoms with Crippen molar-refractivity contribution in [3.8, 4) is 0 Å². The van der Waals surface area contributed by atoms with E-state index < -0.39 is 11.0 Å². The monoisotopic (exact) mass is 301 g/mol. The predicted molar refractivity (Wildman–Crippen MR) is 87.4 cm³/mol. The lowest BCUT2D eigenvalue weighted by molar-refractivity contribution is -0.162. The maximum Gasteiger partial charge on any atom is 0.315 e. The van der Waals surface area contributed by atoms with Crippen LogP contribution in [-0.2, 0) is 20.7 Å². The summed E-state index contributed by atoms with van der Waals surface area (Å²) >= 11 is 0. The molecule has 0 atom stereocenters. The van der Waals surface area contributed by atoms with E-state index in [1.165, 1.54) is 0 Å². The van der Waals surface area contributed by atoms with Gasteiger partial charge in [-0.1, -0.05) is 24.3 Å². The second-order valence-electron chi connectivity index (χ2n) is 7.16. The summed E-state index contributed by atoms with van der Waals surface area (Å²) in [4.78, 5) is 23.8. The maximum atomic E-state index is 12.2. The molecule has 0 unspecified atom stereocenters. The van der Waals surface area contributed by atoms with E-state index in [1.54, 1.807) is 0 Å². The van der Waals surface area contributed by atoms with Crippen LogP contribution in [0.5, 0.6) is 0 Å². The third kappa shape index (κ3) is 3.75. The molecule has 0 bridgehead atoms. The normalized spacial score (nSPS) is 14.9. The van der Waals surface area contributed by atoms with Crippen molar-refractivity contribution in [3.63, 3.8) is 0 Å². The van der Waals surface area contributed by atoms with Crippen LogP contribution in [0, 0.1) is 5.41 Å². The van der Waals surface area contributed by atoms with Gasteiger partial charge in [0.2, 0.25) is 5.91 Å². The fourth-order valence-electron chi connectivity index (χ4n) is 2.21. The van der Waals surface area contributed by atoms with Crippen LogP contribution in [0.2, 0.25) is 0 Å². The Balaban J connectivity index is 2.20. The Bertz CT molecular complexity index is 636. The molecule has 1 aliphatic rings. The van der Waals surface area contributed by atoms with E-state index in [-0.39, 0.29) is 11.9 Å². The molecule has 0 aromatic heterocycles. The minimum absolute atomic E-state index is 0.00209. The molecule has 1 aromatic rings. The minimum atomic E-state index is -0.730. The van der Waals surface area contributed by atoms with Gasteiger partial charge in [-0.25, -0.2) is 0 Å². The molecule has 4 nitrogen and oxygen atoms in total. The molecule has 1 aromatic carbocycles. The maximum absolute atomic E-state index is 12.2. The van der Waals surface area contributed by atoms with Crippen LogP contribution in [0.3, 0.4) is 0 Å². The standard InChI is InChI=1S/C18H23NO3/c1-17(2,3)22-16(21)18(4,5)10-9-12-7-6-8-14-13(12)11-15(20)19-14/h6-10H,11H2,1-5H3,(H,19,20)/b10-9+. The zero-order valence-corrected chi connectivity index (χ0v) is 13.8. The number of hydrogen-bond donors (Lipinski definition) is 1. The number of amides is 1. The van der Waals surface area contributed by atoms with Gasteiger partial charge in [0.05, 0.1) is 11.8 Å². The summed E-state index contributed by atoms with van der Waals surface area (Å²) in [6.07, 6.45) is 4.10. The highest BCUT2D eigenvalue weighted by atomic mass is 16.6. The Morgan fingerprint density at radius 2 is 1.91 bits per heavy atom. The summed E-state index contributed by atoms with van der Waals surface area (Å²) in [5, 5.41) is 2.82. The van der Waals surface area contributed by atoms with Crippen LogP contribution in [0.4, 0.5) is 5.69 Å². The van der Waals surface area contributed by atoms with Crippen molar-refractivity contribution in [3.05, 3.63) is 35.4 Å². The molecule has 118 valence electrons. The van der Waals surface area contributed by atoms with Gasteiger partial charge in [-0.3, -0.25) is 9.59 Å². The topological polar surface area (TPSA) is 55.4 Å². The zero-order valence-electron chi connectivity index (χ0n) is 13.8. The molecule has 0 saturated heterocycles. The second kappa shape index (κ2) is 5.59. The third-order valence-corrected chi connectivity index (χ3v) is 3.43. The Kier molecular flexibility index (Phi) is 4.14. The van der Waals surface area contributed by atoms with Crippen molar-refractivity contribution < 1.29 is 14.3 Å². The van der Waals surface area contributed by atoms with E-state index in [4.69, 9.17) is 4.74 Å². The number of anilines is 1. The van der Waals surface area contributed by atoms with E-state index in [0.717, 1.165) is 16.8 Å². The number of fused-ring (bicyclic) bond motifs is 1. The summed E-state index contributed by atoms with van der Waals surface area (Å²) in [5.41, 5.74) is 1.54. The smallest absolute Gasteiger partial charge is 0.315 e. The molecule has 0 fully saturated rings. The van der Waals surface area contributed by atoms with E-state index in [0.29, 0.717) is 6.42 Å². The lowest BCUT2D eigenvalue weighted by Crippen LogP contribution is -2.32. The van der Waals surface area contributed by atoms with Gasteiger partial charge in [0.15, 0.2) is 0 Å². The van der Waals surface area contributed by atoms with Crippen LogP contribution in [0.1, 0.15) is 45.7 Å². The fraction of sp³-hybridized carbons (Fsp3) is 0.444. The molecule has 4 heteroatoms. The van der Waals surface area contributed by atoms with Gasteiger partial charge < -0.3 is 10.1 Å². The van der Waals surface area contributed by atoms with Gasteiger partial charge in [0, 0.05) is 5.69 Å². The predicted octanol–water partition coefficient (Wildman–Crippen LogP) is 3.56. The molecule has 1 amide bonds. The summed E-state index contributed by atoms with van der Waals surface area (Å²) < 4.78 is 5.44. The summed E-state index contributed by atoms with van der Waals surface area (Å²) in [6.45, 7) is 9.21. The molecule has 0 aliphatic carbocycles. The van der Waals surface area contributed by atoms with Crippen molar-refractivity contribution in [1.82, 2.24) is 0 Å². The number of hydrogen-bond acceptors (Lipinski definition) is 3. The Morgan fingerprint density at radius 3 is 2.55 bits per heavy atom. The van der Waals surface area contributed by atoms with Crippen molar-refractivity contribution in [2.24, 2.45) is 5.41 Å². The first kappa shape index (κ1) is 16.3. The second-order valence-corrected chi connectivity index (χ2v) is 7.16. The first-order valence-electron chi connectivity index (χ1n) is 7.43. The van der Waals surface area contributed by atoms with Crippen LogP contribution >= 0.6 is 0 Å². The van der Waals surface area contributed by atoms with Crippen molar-refractivity contribution in [1.29, 1.82) is 0 Å². The fourth-order valence-corrected chi connectivity index (χ4v) is 2.21. The van der Waals surface area contributed by atoms with Gasteiger partial charge in [0.25, 0.3) is 0 Å². The van der Waals surface area contributed by atoms with Gasteiger partial charge in [-0.15, -0.1) is 0 Å². The van der Waals surface area contributed by atoms with E-state index in [1.807, 2.05) is 65.0 Å². The van der Waals surface area contributed by atoms with Crippen molar-refractivity contribution in [2.75, 3.05) is 5.32 Å². The summed E-state index contributed by atoms with van der Waals surface area (Å²) in [7, 11) is 0. The van der Waals surface area contributed by atoms with E-state index in [9.17, 15) is 9.59 Å². The Hall–Kier alpha value is -2.10. The quantitative estimate of drug-likeness (QED) is 0.868. The summed E-state index contributed by atoms with van der Waals surface area (Å²) in [6, 6.07) is 5.72. The molecule has 1 heterocycles. The van der Waals surface area contributed by atoms with Crippen molar-refractivity contribution >= 4 is 23.6 Å². The number of carbonyl (C=O) groups excluding carboxylic acids is 2. The molecule has 0 spiro atoms. The molecule has 1 N–H and O–H groups in total. The highest BCUT2D eigenvalue weighted by Gasteiger charge is 2.30. The molecular formula is C18H23NO3. The molecule has 2 rings (SSSR count). The van der Waals surface area contributed by atoms with Crippen molar-refractivity contribution in [2.45, 2.75) is 46.6 Å². The number of nitrogens with one attached hydrogen (secondary N) is 1.